The summed E-state index contributed by atoms with van der Waals surface area (Å²) >= 11 is 0. The average Bonchev–Trinajstić information content (AvgIpc) is 3.62. The minimum atomic E-state index is -1.37. The molecule has 14 heteroatoms. The van der Waals surface area contributed by atoms with Gasteiger partial charge in [0.1, 0.15) is 35.4 Å². The van der Waals surface area contributed by atoms with Gasteiger partial charge < -0.3 is 39.4 Å². The Bertz CT molecular complexity index is 2350. The van der Waals surface area contributed by atoms with Crippen LogP contribution < -0.4 is 10.6 Å². The number of hydroxylamine groups is 2. The van der Waals surface area contributed by atoms with Crippen LogP contribution in [0.4, 0.5) is 0 Å². The Morgan fingerprint density at radius 1 is 0.918 bits per heavy atom. The molecule has 9 rings (SSSR count). The molecule has 11 atom stereocenters. The van der Waals surface area contributed by atoms with Crippen molar-refractivity contribution < 1.29 is 52.8 Å². The van der Waals surface area contributed by atoms with Crippen molar-refractivity contribution >= 4 is 29.8 Å². The summed E-state index contributed by atoms with van der Waals surface area (Å²) in [5.41, 5.74) is 2.92. The van der Waals surface area contributed by atoms with Crippen LogP contribution in [-0.2, 0) is 56.0 Å². The molecule has 14 nitrogen and oxygen atoms in total. The molecule has 3 aliphatic carbocycles. The van der Waals surface area contributed by atoms with Crippen LogP contribution in [-0.4, -0.2) is 100 Å². The van der Waals surface area contributed by atoms with Crippen LogP contribution in [0, 0.1) is 22.7 Å². The van der Waals surface area contributed by atoms with E-state index in [4.69, 9.17) is 28.5 Å². The molecular formula is C59H83N3O11. The second-order valence-electron chi connectivity index (χ2n) is 24.4. The highest BCUT2D eigenvalue weighted by molar-refractivity contribution is 5.95. The molecular weight excluding hydrogens is 927 g/mol. The Morgan fingerprint density at radius 2 is 1.64 bits per heavy atom. The quantitative estimate of drug-likeness (QED) is 0.0653. The number of nitrogens with one attached hydrogen (secondary N) is 2. The van der Waals surface area contributed by atoms with Crippen molar-refractivity contribution in [2.45, 2.75) is 231 Å². The molecule has 1 unspecified atom stereocenters. The number of hydrogen-bond donors (Lipinski definition) is 3. The van der Waals surface area contributed by atoms with Gasteiger partial charge in [0, 0.05) is 37.8 Å². The molecule has 2 bridgehead atoms. The summed E-state index contributed by atoms with van der Waals surface area (Å²) in [5.74, 6) is -1.38. The highest BCUT2D eigenvalue weighted by atomic mass is 16.8. The molecule has 2 aromatic carbocycles. The summed E-state index contributed by atoms with van der Waals surface area (Å²) < 4.78 is 32.1. The molecule has 4 saturated heterocycles. The van der Waals surface area contributed by atoms with Crippen LogP contribution in [0.1, 0.15) is 185 Å². The number of rotatable bonds is 20. The van der Waals surface area contributed by atoms with Crippen molar-refractivity contribution in [3.63, 3.8) is 0 Å². The van der Waals surface area contributed by atoms with Crippen molar-refractivity contribution in [3.05, 3.63) is 76.4 Å². The minimum absolute atomic E-state index is 0.0311. The predicted molar refractivity (Wildman–Crippen MR) is 275 cm³/mol. The maximum absolute atomic E-state index is 15.3. The molecule has 3 N–H and O–H groups in total. The first kappa shape index (κ1) is 53.6. The maximum atomic E-state index is 15.3. The van der Waals surface area contributed by atoms with Crippen molar-refractivity contribution in [3.8, 4) is 0 Å². The fraction of sp³-hybridized carbons (Fsp3) is 0.695. The Morgan fingerprint density at radius 3 is 2.33 bits per heavy atom. The van der Waals surface area contributed by atoms with Gasteiger partial charge in [0.2, 0.25) is 5.91 Å². The Hall–Kier alpha value is -4.18. The summed E-state index contributed by atoms with van der Waals surface area (Å²) in [6, 6.07) is 13.7. The van der Waals surface area contributed by atoms with Crippen molar-refractivity contribution in [2.24, 2.45) is 22.7 Å². The molecule has 0 spiro atoms. The number of allylic oxidation sites excluding steroid dienone is 1. The molecule has 2 aromatic rings. The Balaban J connectivity index is 0.946. The lowest BCUT2D eigenvalue weighted by Gasteiger charge is -2.53. The number of unbranched alkanes of at least 4 members (excludes halogenated alkanes) is 4. The largest absolute Gasteiger partial charge is 0.460 e. The predicted octanol–water partition coefficient (Wildman–Crippen LogP) is 9.43. The van der Waals surface area contributed by atoms with Gasteiger partial charge in [0.15, 0.2) is 11.8 Å². The molecule has 0 aromatic heterocycles. The van der Waals surface area contributed by atoms with Gasteiger partial charge in [-0.1, -0.05) is 101 Å². The number of esters is 2. The molecule has 7 aliphatic rings. The van der Waals surface area contributed by atoms with Gasteiger partial charge in [-0.05, 0) is 125 Å². The van der Waals surface area contributed by atoms with Crippen molar-refractivity contribution in [1.29, 1.82) is 0 Å². The zero-order valence-corrected chi connectivity index (χ0v) is 44.8. The third kappa shape index (κ3) is 11.4. The van der Waals surface area contributed by atoms with Crippen LogP contribution >= 0.6 is 0 Å². The fourth-order valence-electron chi connectivity index (χ4n) is 13.3. The number of amides is 2. The first-order valence-corrected chi connectivity index (χ1v) is 27.8. The van der Waals surface area contributed by atoms with Crippen LogP contribution in [0.3, 0.4) is 0 Å². The Kier molecular flexibility index (Phi) is 15.8. The van der Waals surface area contributed by atoms with Gasteiger partial charge in [-0.2, -0.15) is 5.06 Å². The summed E-state index contributed by atoms with van der Waals surface area (Å²) in [5, 5.41) is 17.7. The smallest absolute Gasteiger partial charge is 0.327 e. The zero-order chi connectivity index (χ0) is 51.9. The number of benzene rings is 2. The van der Waals surface area contributed by atoms with E-state index in [0.717, 1.165) is 68.9 Å². The molecule has 3 saturated carbocycles. The molecule has 73 heavy (non-hydrogen) atoms. The molecule has 2 amide bonds. The van der Waals surface area contributed by atoms with Crippen LogP contribution in [0.2, 0.25) is 0 Å². The van der Waals surface area contributed by atoms with Crippen molar-refractivity contribution in [1.82, 2.24) is 15.7 Å². The lowest BCUT2D eigenvalue weighted by molar-refractivity contribution is -0.224. The molecule has 7 fully saturated rings. The summed E-state index contributed by atoms with van der Waals surface area (Å²) in [6.07, 6.45) is 13.3. The van der Waals surface area contributed by atoms with E-state index in [1.54, 1.807) is 44.0 Å². The number of aliphatic hydroxyl groups excluding tert-OH is 1. The number of aliphatic hydroxyl groups is 1. The Labute approximate surface area is 433 Å². The standard InChI is InChI=1S/C59H83N3O11/c1-9-11-13-27-58(28-14-12-10-2)71-48-45-33-59(54(67)60-34-39-16-15-17-41(31-39)52(65)61-42(36-63)23-25-47(64)70-55(3,4)5)50(53(66)68-45)62(73-51(59)49(48)72-58)35-38-20-18-37(19-21-38)30-40-22-24-46-57(8,69-46)29-26-44-43(40)32-56(44,6)7/h15-21,30-31,42-46,48-51,63H,9-14,22-29,32-36H2,1-8H3,(H,60,67)(H,61,65)/t42-,43+,44+,45+,46?,48-,49-,50-,51+,57+,59-/m0/s1. The second-order valence-corrected chi connectivity index (χ2v) is 24.4. The number of hydrogen-bond acceptors (Lipinski definition) is 12. The number of nitrogens with zero attached hydrogens (tertiary/aromatic N) is 1. The maximum Gasteiger partial charge on any atom is 0.327 e. The zero-order valence-electron chi connectivity index (χ0n) is 44.8. The van der Waals surface area contributed by atoms with Gasteiger partial charge in [-0.3, -0.25) is 24.0 Å². The number of carbonyl (C=O) groups is 4. The van der Waals surface area contributed by atoms with Crippen LogP contribution in [0.25, 0.3) is 6.08 Å². The van der Waals surface area contributed by atoms with E-state index in [0.29, 0.717) is 47.3 Å². The van der Waals surface area contributed by atoms with Crippen LogP contribution in [0.15, 0.2) is 54.1 Å². The van der Waals surface area contributed by atoms with E-state index < -0.39 is 71.1 Å². The lowest BCUT2D eigenvalue weighted by Crippen LogP contribution is -2.69. The minimum Gasteiger partial charge on any atom is -0.460 e. The van der Waals surface area contributed by atoms with E-state index in [1.807, 2.05) is 6.07 Å². The van der Waals surface area contributed by atoms with E-state index in [-0.39, 0.29) is 50.5 Å². The van der Waals surface area contributed by atoms with E-state index in [1.165, 1.54) is 18.4 Å². The number of carbonyl (C=O) groups excluding carboxylic acids is 4. The topological polar surface area (TPSA) is 174 Å². The summed E-state index contributed by atoms with van der Waals surface area (Å²) in [6.45, 7) is 16.8. The number of epoxide rings is 1. The van der Waals surface area contributed by atoms with Crippen LogP contribution in [0.5, 0.6) is 0 Å². The van der Waals surface area contributed by atoms with Gasteiger partial charge >= 0.3 is 11.9 Å². The summed E-state index contributed by atoms with van der Waals surface area (Å²) in [4.78, 5) is 62.6. The van der Waals surface area contributed by atoms with E-state index >= 15 is 4.79 Å². The third-order valence-electron chi connectivity index (χ3n) is 17.4. The number of fused-ring (bicyclic) bond motifs is 6. The molecule has 4 heterocycles. The van der Waals surface area contributed by atoms with Gasteiger partial charge in [-0.15, -0.1) is 0 Å². The fourth-order valence-corrected chi connectivity index (χ4v) is 13.3. The second kappa shape index (κ2) is 21.4. The monoisotopic (exact) mass is 1010 g/mol. The summed E-state index contributed by atoms with van der Waals surface area (Å²) in [7, 11) is 0. The van der Waals surface area contributed by atoms with Crippen molar-refractivity contribution in [2.75, 3.05) is 6.61 Å². The van der Waals surface area contributed by atoms with E-state index in [2.05, 4.69) is 75.6 Å². The first-order valence-electron chi connectivity index (χ1n) is 27.8. The number of ether oxygens (including phenoxy) is 5. The van der Waals surface area contributed by atoms with E-state index in [9.17, 15) is 19.5 Å². The van der Waals surface area contributed by atoms with Gasteiger partial charge in [0.25, 0.3) is 5.91 Å². The normalized spacial score (nSPS) is 32.6. The third-order valence-corrected chi connectivity index (χ3v) is 17.4. The molecule has 4 aliphatic heterocycles. The first-order chi connectivity index (χ1) is 34.8. The average molecular weight is 1010 g/mol. The highest BCUT2D eigenvalue weighted by Crippen LogP contribution is 2.61. The highest BCUT2D eigenvalue weighted by Gasteiger charge is 2.76. The van der Waals surface area contributed by atoms with Gasteiger partial charge in [0.05, 0.1) is 30.9 Å². The lowest BCUT2D eigenvalue weighted by atomic mass is 9.52. The van der Waals surface area contributed by atoms with Gasteiger partial charge in [-0.25, -0.2) is 0 Å². The SMILES string of the molecule is CCCCCC1(CCCCC)O[C@@H]2[C@H](O1)[C@H]1ON(Cc3ccc(C=C4CCC5O[C@]5(C)CC[C@@H]5[C@@H]4CC5(C)C)cc3)[C@H]3C(=O)O[C@@H]2C[C@@]13C(=O)NCc1cccc(C(=O)N[C@H](CO)CCC(=O)OC(C)(C)C)c1. The molecule has 400 valence electrons. The molecule has 0 radical (unpaired) electrons.